The predicted octanol–water partition coefficient (Wildman–Crippen LogP) is 0.469. The molecular formula is C10H19ClN4O2S. The van der Waals surface area contributed by atoms with Gasteiger partial charge in [0.25, 0.3) is 0 Å². The minimum absolute atomic E-state index is 0. The van der Waals surface area contributed by atoms with Crippen molar-refractivity contribution in [2.75, 3.05) is 26.0 Å². The van der Waals surface area contributed by atoms with Crippen molar-refractivity contribution in [2.24, 2.45) is 5.73 Å². The van der Waals surface area contributed by atoms with E-state index in [2.05, 4.69) is 4.98 Å². The summed E-state index contributed by atoms with van der Waals surface area (Å²) in [6, 6.07) is -0.339. The Kier molecular flexibility index (Phi) is 7.85. The van der Waals surface area contributed by atoms with Crippen LogP contribution >= 0.6 is 23.7 Å². The number of hydrogen-bond acceptors (Lipinski definition) is 6. The summed E-state index contributed by atoms with van der Waals surface area (Å²) >= 11 is 1.41. The van der Waals surface area contributed by atoms with Gasteiger partial charge < -0.3 is 16.2 Å². The first-order valence-corrected chi connectivity index (χ1v) is 6.08. The van der Waals surface area contributed by atoms with Crippen LogP contribution in [0.25, 0.3) is 0 Å². The van der Waals surface area contributed by atoms with Gasteiger partial charge in [0.15, 0.2) is 5.13 Å². The molecule has 1 heterocycles. The zero-order chi connectivity index (χ0) is 12.8. The third-order valence-corrected chi connectivity index (χ3v) is 3.28. The number of ether oxygens (including phenoxy) is 1. The Labute approximate surface area is 117 Å². The van der Waals surface area contributed by atoms with Crippen LogP contribution in [0.15, 0.2) is 6.20 Å². The van der Waals surface area contributed by atoms with Crippen LogP contribution in [0.5, 0.6) is 0 Å². The monoisotopic (exact) mass is 294 g/mol. The molecule has 0 radical (unpaired) electrons. The first kappa shape index (κ1) is 17.1. The second kappa shape index (κ2) is 8.25. The molecule has 18 heavy (non-hydrogen) atoms. The average molecular weight is 295 g/mol. The number of aromatic nitrogens is 1. The number of rotatable bonds is 7. The molecule has 8 heteroatoms. The van der Waals surface area contributed by atoms with Crippen molar-refractivity contribution >= 4 is 34.8 Å². The zero-order valence-corrected chi connectivity index (χ0v) is 12.1. The van der Waals surface area contributed by atoms with Crippen molar-refractivity contribution < 1.29 is 9.53 Å². The van der Waals surface area contributed by atoms with E-state index in [1.165, 1.54) is 11.3 Å². The van der Waals surface area contributed by atoms with Gasteiger partial charge in [0.2, 0.25) is 5.91 Å². The zero-order valence-electron chi connectivity index (χ0n) is 10.5. The number of amides is 1. The number of nitrogens with zero attached hydrogens (tertiary/aromatic N) is 2. The van der Waals surface area contributed by atoms with Gasteiger partial charge in [-0.2, -0.15) is 0 Å². The lowest BCUT2D eigenvalue weighted by Crippen LogP contribution is -2.43. The molecule has 1 atom stereocenters. The SMILES string of the molecule is COCCN(Cc1cnc(N)s1)C(C)C(N)=O.Cl. The van der Waals surface area contributed by atoms with Crippen LogP contribution in [0.1, 0.15) is 11.8 Å². The van der Waals surface area contributed by atoms with Gasteiger partial charge in [-0.3, -0.25) is 9.69 Å². The number of carbonyl (C=O) groups is 1. The molecular weight excluding hydrogens is 276 g/mol. The summed E-state index contributed by atoms with van der Waals surface area (Å²) in [4.78, 5) is 18.1. The molecule has 104 valence electrons. The molecule has 6 nitrogen and oxygen atoms in total. The van der Waals surface area contributed by atoms with Crippen molar-refractivity contribution in [3.05, 3.63) is 11.1 Å². The molecule has 0 aromatic carbocycles. The summed E-state index contributed by atoms with van der Waals surface area (Å²) in [6.07, 6.45) is 1.72. The normalized spacial score (nSPS) is 12.2. The van der Waals surface area contributed by atoms with E-state index < -0.39 is 0 Å². The van der Waals surface area contributed by atoms with Gasteiger partial charge in [-0.1, -0.05) is 0 Å². The number of methoxy groups -OCH3 is 1. The highest BCUT2D eigenvalue weighted by atomic mass is 35.5. The van der Waals surface area contributed by atoms with Crippen molar-refractivity contribution in [2.45, 2.75) is 19.5 Å². The maximum Gasteiger partial charge on any atom is 0.234 e. The largest absolute Gasteiger partial charge is 0.383 e. The van der Waals surface area contributed by atoms with Crippen molar-refractivity contribution in [1.82, 2.24) is 9.88 Å². The predicted molar refractivity (Wildman–Crippen MR) is 74.7 cm³/mol. The Bertz CT molecular complexity index is 375. The second-order valence-corrected chi connectivity index (χ2v) is 4.85. The number of anilines is 1. The highest BCUT2D eigenvalue weighted by Crippen LogP contribution is 2.17. The van der Waals surface area contributed by atoms with Gasteiger partial charge in [-0.15, -0.1) is 23.7 Å². The summed E-state index contributed by atoms with van der Waals surface area (Å²) in [7, 11) is 1.62. The lowest BCUT2D eigenvalue weighted by atomic mass is 10.2. The van der Waals surface area contributed by atoms with E-state index >= 15 is 0 Å². The van der Waals surface area contributed by atoms with E-state index in [1.807, 2.05) is 4.90 Å². The summed E-state index contributed by atoms with van der Waals surface area (Å²) in [5, 5.41) is 0.526. The minimum Gasteiger partial charge on any atom is -0.383 e. The first-order valence-electron chi connectivity index (χ1n) is 5.27. The number of thiazole rings is 1. The number of hydrogen-bond donors (Lipinski definition) is 2. The molecule has 1 aromatic rings. The van der Waals surface area contributed by atoms with E-state index in [4.69, 9.17) is 16.2 Å². The fourth-order valence-corrected chi connectivity index (χ4v) is 2.10. The molecule has 0 aliphatic carbocycles. The number of primary amides is 1. The molecule has 1 unspecified atom stereocenters. The number of nitrogens with two attached hydrogens (primary N) is 2. The molecule has 1 rings (SSSR count). The lowest BCUT2D eigenvalue weighted by molar-refractivity contribution is -0.123. The van der Waals surface area contributed by atoms with Gasteiger partial charge >= 0.3 is 0 Å². The maximum atomic E-state index is 11.2. The third kappa shape index (κ3) is 5.18. The van der Waals surface area contributed by atoms with Crippen LogP contribution in [0.2, 0.25) is 0 Å². The molecule has 0 saturated heterocycles. The van der Waals surface area contributed by atoms with Crippen LogP contribution in [-0.2, 0) is 16.1 Å². The number of nitrogen functional groups attached to an aromatic ring is 1. The second-order valence-electron chi connectivity index (χ2n) is 3.71. The topological polar surface area (TPSA) is 94.5 Å². The molecule has 4 N–H and O–H groups in total. The summed E-state index contributed by atoms with van der Waals surface area (Å²) < 4.78 is 5.01. The van der Waals surface area contributed by atoms with E-state index in [0.29, 0.717) is 24.8 Å². The fourth-order valence-electron chi connectivity index (χ4n) is 1.39. The van der Waals surface area contributed by atoms with Crippen LogP contribution in [-0.4, -0.2) is 42.1 Å². The van der Waals surface area contributed by atoms with E-state index in [1.54, 1.807) is 20.2 Å². The Morgan fingerprint density at radius 2 is 2.33 bits per heavy atom. The summed E-state index contributed by atoms with van der Waals surface area (Å²) in [5.74, 6) is -0.349. The number of carbonyl (C=O) groups excluding carboxylic acids is 1. The molecule has 0 spiro atoms. The standard InChI is InChI=1S/C10H18N4O2S.ClH/c1-7(9(11)15)14(3-4-16-2)6-8-5-13-10(12)17-8;/h5,7H,3-4,6H2,1-2H3,(H2,11,15)(H2,12,13);1H. The van der Waals surface area contributed by atoms with Crippen LogP contribution in [0.3, 0.4) is 0 Å². The van der Waals surface area contributed by atoms with Gasteiger partial charge in [0.1, 0.15) is 0 Å². The highest BCUT2D eigenvalue weighted by Gasteiger charge is 2.19. The third-order valence-electron chi connectivity index (χ3n) is 2.47. The van der Waals surface area contributed by atoms with Gasteiger partial charge in [0.05, 0.1) is 12.6 Å². The molecule has 1 aromatic heterocycles. The molecule has 0 aliphatic heterocycles. The van der Waals surface area contributed by atoms with Gasteiger partial charge in [0, 0.05) is 31.3 Å². The summed E-state index contributed by atoms with van der Waals surface area (Å²) in [6.45, 7) is 3.56. The molecule has 0 saturated carbocycles. The highest BCUT2D eigenvalue weighted by molar-refractivity contribution is 7.15. The van der Waals surface area contributed by atoms with Crippen molar-refractivity contribution in [1.29, 1.82) is 0 Å². The van der Waals surface area contributed by atoms with Crippen LogP contribution in [0, 0.1) is 0 Å². The van der Waals surface area contributed by atoms with Gasteiger partial charge in [-0.25, -0.2) is 4.98 Å². The molecule has 1 amide bonds. The van der Waals surface area contributed by atoms with Crippen molar-refractivity contribution in [3.63, 3.8) is 0 Å². The Hall–Kier alpha value is -0.890. The fraction of sp³-hybridized carbons (Fsp3) is 0.600. The molecule has 0 aliphatic rings. The average Bonchev–Trinajstić information content (AvgIpc) is 2.69. The Morgan fingerprint density at radius 3 is 2.78 bits per heavy atom. The molecule has 0 bridgehead atoms. The lowest BCUT2D eigenvalue weighted by Gasteiger charge is -2.25. The van der Waals surface area contributed by atoms with Crippen LogP contribution in [0.4, 0.5) is 5.13 Å². The van der Waals surface area contributed by atoms with E-state index in [-0.39, 0.29) is 24.4 Å². The maximum absolute atomic E-state index is 11.2. The van der Waals surface area contributed by atoms with E-state index in [9.17, 15) is 4.79 Å². The minimum atomic E-state index is -0.349. The van der Waals surface area contributed by atoms with Crippen molar-refractivity contribution in [3.8, 4) is 0 Å². The Balaban J connectivity index is 0.00000289. The molecule has 0 fully saturated rings. The van der Waals surface area contributed by atoms with E-state index in [0.717, 1.165) is 4.88 Å². The Morgan fingerprint density at radius 1 is 1.67 bits per heavy atom. The van der Waals surface area contributed by atoms with Crippen LogP contribution < -0.4 is 11.5 Å². The first-order chi connectivity index (χ1) is 8.04. The number of halogens is 1. The summed E-state index contributed by atoms with van der Waals surface area (Å²) in [5.41, 5.74) is 10.9. The smallest absolute Gasteiger partial charge is 0.234 e. The van der Waals surface area contributed by atoms with Gasteiger partial charge in [-0.05, 0) is 6.92 Å². The quantitative estimate of drug-likeness (QED) is 0.762.